The number of rotatable bonds is 4. The van der Waals surface area contributed by atoms with E-state index in [0.717, 1.165) is 6.42 Å². The molecule has 1 aliphatic carbocycles. The molecule has 2 aliphatic rings. The molecule has 1 unspecified atom stereocenters. The first-order chi connectivity index (χ1) is 9.14. The lowest BCUT2D eigenvalue weighted by Crippen LogP contribution is -2.58. The van der Waals surface area contributed by atoms with Crippen LogP contribution in [0.4, 0.5) is 4.79 Å². The van der Waals surface area contributed by atoms with Crippen molar-refractivity contribution in [3.8, 4) is 0 Å². The highest BCUT2D eigenvalue weighted by Crippen LogP contribution is 2.68. The number of nitrogens with zero attached hydrogens (tertiary/aromatic N) is 1. The van der Waals surface area contributed by atoms with Crippen molar-refractivity contribution in [1.29, 1.82) is 0 Å². The van der Waals surface area contributed by atoms with Crippen LogP contribution in [0.5, 0.6) is 0 Å². The first-order valence-electron chi connectivity index (χ1n) is 7.30. The van der Waals surface area contributed by atoms with Gasteiger partial charge in [-0.15, -0.1) is 0 Å². The Hall–Kier alpha value is -1.39. The van der Waals surface area contributed by atoms with E-state index < -0.39 is 17.9 Å². The number of urea groups is 1. The van der Waals surface area contributed by atoms with Crippen molar-refractivity contribution in [2.24, 2.45) is 22.7 Å². The van der Waals surface area contributed by atoms with Crippen LogP contribution in [0.3, 0.4) is 0 Å². The summed E-state index contributed by atoms with van der Waals surface area (Å²) >= 11 is 0. The molecule has 4 amide bonds. The highest BCUT2D eigenvalue weighted by molar-refractivity contribution is 6.16. The summed E-state index contributed by atoms with van der Waals surface area (Å²) in [6.45, 7) is 10.9. The Kier molecular flexibility index (Phi) is 3.43. The van der Waals surface area contributed by atoms with E-state index in [2.05, 4.69) is 33.0 Å². The van der Waals surface area contributed by atoms with Gasteiger partial charge in [-0.25, -0.2) is 4.79 Å². The van der Waals surface area contributed by atoms with Gasteiger partial charge in [0, 0.05) is 6.54 Å². The molecule has 2 rings (SSSR count). The molecule has 20 heavy (non-hydrogen) atoms. The summed E-state index contributed by atoms with van der Waals surface area (Å²) < 4.78 is 0. The molecular formula is C15H24N2O3. The van der Waals surface area contributed by atoms with E-state index in [9.17, 15) is 14.4 Å². The van der Waals surface area contributed by atoms with Crippen molar-refractivity contribution in [2.45, 2.75) is 47.5 Å². The quantitative estimate of drug-likeness (QED) is 0.802. The molecule has 1 saturated carbocycles. The van der Waals surface area contributed by atoms with Gasteiger partial charge >= 0.3 is 6.03 Å². The molecule has 0 aromatic carbocycles. The average molecular weight is 280 g/mol. The minimum atomic E-state index is -0.706. The molecule has 1 N–H and O–H groups in total. The lowest BCUT2D eigenvalue weighted by molar-refractivity contribution is -0.143. The van der Waals surface area contributed by atoms with Crippen molar-refractivity contribution in [1.82, 2.24) is 10.2 Å². The van der Waals surface area contributed by atoms with Crippen LogP contribution in [0.1, 0.15) is 47.5 Å². The second kappa shape index (κ2) is 4.57. The topological polar surface area (TPSA) is 66.5 Å². The molecule has 0 aromatic rings. The Morgan fingerprint density at radius 1 is 1.10 bits per heavy atom. The summed E-state index contributed by atoms with van der Waals surface area (Å²) in [7, 11) is 0. The second-order valence-electron chi connectivity index (χ2n) is 7.08. The van der Waals surface area contributed by atoms with Gasteiger partial charge in [0.05, 0.1) is 0 Å². The lowest BCUT2D eigenvalue weighted by atomic mass is 9.98. The smallest absolute Gasteiger partial charge is 0.277 e. The van der Waals surface area contributed by atoms with E-state index in [0.29, 0.717) is 13.0 Å². The Morgan fingerprint density at radius 2 is 1.65 bits per heavy atom. The van der Waals surface area contributed by atoms with E-state index in [1.54, 1.807) is 0 Å². The summed E-state index contributed by atoms with van der Waals surface area (Å²) in [5.74, 6) is -1.21. The van der Waals surface area contributed by atoms with Crippen molar-refractivity contribution >= 4 is 17.8 Å². The third-order valence-electron chi connectivity index (χ3n) is 5.62. The predicted molar refractivity (Wildman–Crippen MR) is 74.7 cm³/mol. The number of barbiturate groups is 1. The standard InChI is InChI=1S/C15H24N2O3/c1-6-7-9-11(18)16-13(20)17(12(9)19)8-10-14(2,3)15(10,4)5/h9-10H,6-8H2,1-5H3,(H,16,18,20). The van der Waals surface area contributed by atoms with Gasteiger partial charge in [-0.3, -0.25) is 19.8 Å². The summed E-state index contributed by atoms with van der Waals surface area (Å²) in [5, 5.41) is 2.31. The fourth-order valence-electron chi connectivity index (χ4n) is 3.35. The second-order valence-corrected chi connectivity index (χ2v) is 7.08. The van der Waals surface area contributed by atoms with Crippen molar-refractivity contribution in [2.75, 3.05) is 6.54 Å². The van der Waals surface area contributed by atoms with Gasteiger partial charge in [-0.2, -0.15) is 0 Å². The zero-order valence-corrected chi connectivity index (χ0v) is 12.9. The van der Waals surface area contributed by atoms with E-state index in [1.807, 2.05) is 6.92 Å². The number of imide groups is 2. The monoisotopic (exact) mass is 280 g/mol. The van der Waals surface area contributed by atoms with Gasteiger partial charge in [-0.05, 0) is 23.2 Å². The van der Waals surface area contributed by atoms with Gasteiger partial charge in [0.2, 0.25) is 11.8 Å². The largest absolute Gasteiger partial charge is 0.330 e. The van der Waals surface area contributed by atoms with E-state index in [-0.39, 0.29) is 22.7 Å². The first-order valence-corrected chi connectivity index (χ1v) is 7.30. The third kappa shape index (κ3) is 2.03. The Balaban J connectivity index is 2.13. The molecule has 112 valence electrons. The van der Waals surface area contributed by atoms with Crippen LogP contribution in [-0.4, -0.2) is 29.3 Å². The molecule has 1 aliphatic heterocycles. The first kappa shape index (κ1) is 15.0. The van der Waals surface area contributed by atoms with Crippen molar-refractivity contribution in [3.05, 3.63) is 0 Å². The fourth-order valence-corrected chi connectivity index (χ4v) is 3.35. The number of carbonyl (C=O) groups is 3. The molecule has 1 saturated heterocycles. The van der Waals surface area contributed by atoms with Gasteiger partial charge in [0.25, 0.3) is 0 Å². The van der Waals surface area contributed by atoms with Crippen LogP contribution in [0.15, 0.2) is 0 Å². The van der Waals surface area contributed by atoms with Gasteiger partial charge in [0.15, 0.2) is 0 Å². The molecule has 5 nitrogen and oxygen atoms in total. The molecule has 0 radical (unpaired) electrons. The summed E-state index contributed by atoms with van der Waals surface area (Å²) in [4.78, 5) is 37.3. The minimum Gasteiger partial charge on any atom is -0.277 e. The van der Waals surface area contributed by atoms with Crippen molar-refractivity contribution in [3.63, 3.8) is 0 Å². The SMILES string of the molecule is CCCC1C(=O)NC(=O)N(CC2C(C)(C)C2(C)C)C1=O. The highest BCUT2D eigenvalue weighted by atomic mass is 16.2. The molecule has 2 fully saturated rings. The number of hydrogen-bond acceptors (Lipinski definition) is 3. The maximum atomic E-state index is 12.4. The maximum absolute atomic E-state index is 12.4. The van der Waals surface area contributed by atoms with Gasteiger partial charge in [0.1, 0.15) is 5.92 Å². The minimum absolute atomic E-state index is 0.106. The zero-order valence-electron chi connectivity index (χ0n) is 12.9. The van der Waals surface area contributed by atoms with Crippen LogP contribution in [0, 0.1) is 22.7 Å². The number of nitrogens with one attached hydrogen (secondary N) is 1. The van der Waals surface area contributed by atoms with Crippen LogP contribution in [0.2, 0.25) is 0 Å². The fraction of sp³-hybridized carbons (Fsp3) is 0.800. The molecule has 0 bridgehead atoms. The molecule has 5 heteroatoms. The number of hydrogen-bond donors (Lipinski definition) is 1. The highest BCUT2D eigenvalue weighted by Gasteiger charge is 2.65. The lowest BCUT2D eigenvalue weighted by Gasteiger charge is -2.30. The summed E-state index contributed by atoms with van der Waals surface area (Å²) in [5.41, 5.74) is 0.213. The Labute approximate surface area is 120 Å². The van der Waals surface area contributed by atoms with Crippen LogP contribution >= 0.6 is 0 Å². The van der Waals surface area contributed by atoms with Gasteiger partial charge in [-0.1, -0.05) is 41.0 Å². The normalized spacial score (nSPS) is 28.6. The molecule has 1 heterocycles. The van der Waals surface area contributed by atoms with Gasteiger partial charge < -0.3 is 0 Å². The Bertz CT molecular complexity index is 454. The molecular weight excluding hydrogens is 256 g/mol. The number of carbonyl (C=O) groups excluding carboxylic acids is 3. The number of amides is 4. The zero-order chi connectivity index (χ0) is 15.3. The van der Waals surface area contributed by atoms with E-state index >= 15 is 0 Å². The van der Waals surface area contributed by atoms with E-state index in [4.69, 9.17) is 0 Å². The van der Waals surface area contributed by atoms with Crippen LogP contribution in [-0.2, 0) is 9.59 Å². The van der Waals surface area contributed by atoms with Crippen molar-refractivity contribution < 1.29 is 14.4 Å². The van der Waals surface area contributed by atoms with Crippen LogP contribution < -0.4 is 5.32 Å². The van der Waals surface area contributed by atoms with Crippen LogP contribution in [0.25, 0.3) is 0 Å². The average Bonchev–Trinajstić information content (AvgIpc) is 2.71. The van der Waals surface area contributed by atoms with E-state index in [1.165, 1.54) is 4.90 Å². The summed E-state index contributed by atoms with van der Waals surface area (Å²) in [6.07, 6.45) is 1.23. The molecule has 1 atom stereocenters. The predicted octanol–water partition coefficient (Wildman–Crippen LogP) is 2.16. The molecule has 0 spiro atoms. The Morgan fingerprint density at radius 3 is 2.10 bits per heavy atom. The third-order valence-corrected chi connectivity index (χ3v) is 5.62. The maximum Gasteiger partial charge on any atom is 0.330 e. The molecule has 0 aromatic heterocycles. The summed E-state index contributed by atoms with van der Waals surface area (Å²) in [6, 6.07) is -0.564.